The summed E-state index contributed by atoms with van der Waals surface area (Å²) in [5.41, 5.74) is -0.411. The summed E-state index contributed by atoms with van der Waals surface area (Å²) in [6, 6.07) is 2.26. The maximum Gasteiger partial charge on any atom is 0.326 e. The molecule has 0 spiro atoms. The minimum Gasteiger partial charge on any atom is -0.488 e. The van der Waals surface area contributed by atoms with Crippen LogP contribution >= 0.6 is 0 Å². The summed E-state index contributed by atoms with van der Waals surface area (Å²) in [5, 5.41) is 8.83. The van der Waals surface area contributed by atoms with Gasteiger partial charge in [0.25, 0.3) is 5.56 Å². The lowest BCUT2D eigenvalue weighted by molar-refractivity contribution is -0.140. The first-order valence-electron chi connectivity index (χ1n) is 5.14. The number of pyridine rings is 1. The van der Waals surface area contributed by atoms with Crippen LogP contribution in [0.2, 0.25) is 0 Å². The second-order valence-electron chi connectivity index (χ2n) is 3.45. The van der Waals surface area contributed by atoms with Crippen LogP contribution in [0.25, 0.3) is 0 Å². The maximum absolute atomic E-state index is 11.8. The largest absolute Gasteiger partial charge is 0.488 e. The molecule has 0 fully saturated rings. The molecule has 1 aromatic heterocycles. The summed E-state index contributed by atoms with van der Waals surface area (Å²) in [6.45, 7) is 3.83. The SMILES string of the molecule is CCCOc1cccn(C(C)C(=O)O)c1=O. The Labute approximate surface area is 93.3 Å². The van der Waals surface area contributed by atoms with Crippen molar-refractivity contribution in [3.63, 3.8) is 0 Å². The van der Waals surface area contributed by atoms with Crippen LogP contribution in [0.4, 0.5) is 0 Å². The molecule has 1 unspecified atom stereocenters. The molecule has 0 radical (unpaired) electrons. The van der Waals surface area contributed by atoms with Gasteiger partial charge in [-0.15, -0.1) is 0 Å². The van der Waals surface area contributed by atoms with Crippen molar-refractivity contribution >= 4 is 5.97 Å². The number of aromatic nitrogens is 1. The second-order valence-corrected chi connectivity index (χ2v) is 3.45. The van der Waals surface area contributed by atoms with E-state index in [0.29, 0.717) is 6.61 Å². The minimum absolute atomic E-state index is 0.192. The van der Waals surface area contributed by atoms with Gasteiger partial charge in [-0.25, -0.2) is 4.79 Å². The lowest BCUT2D eigenvalue weighted by Crippen LogP contribution is -2.28. The first-order chi connectivity index (χ1) is 7.57. The number of carboxylic acids is 1. The van der Waals surface area contributed by atoms with Gasteiger partial charge < -0.3 is 9.84 Å². The highest BCUT2D eigenvalue weighted by atomic mass is 16.5. The summed E-state index contributed by atoms with van der Waals surface area (Å²) >= 11 is 0. The molecule has 0 saturated carbocycles. The smallest absolute Gasteiger partial charge is 0.326 e. The molecule has 1 atom stereocenters. The fourth-order valence-electron chi connectivity index (χ4n) is 1.24. The predicted molar refractivity (Wildman–Crippen MR) is 58.8 cm³/mol. The Bertz CT molecular complexity index is 424. The number of ether oxygens (including phenoxy) is 1. The third-order valence-electron chi connectivity index (χ3n) is 2.18. The topological polar surface area (TPSA) is 68.5 Å². The van der Waals surface area contributed by atoms with Gasteiger partial charge in [-0.3, -0.25) is 9.36 Å². The normalized spacial score (nSPS) is 12.1. The van der Waals surface area contributed by atoms with E-state index in [0.717, 1.165) is 11.0 Å². The first kappa shape index (κ1) is 12.3. The summed E-state index contributed by atoms with van der Waals surface area (Å²) in [7, 11) is 0. The van der Waals surface area contributed by atoms with Crippen LogP contribution in [0, 0.1) is 0 Å². The molecule has 1 rings (SSSR count). The zero-order valence-corrected chi connectivity index (χ0v) is 9.34. The number of hydrogen-bond donors (Lipinski definition) is 1. The molecule has 0 saturated heterocycles. The summed E-state index contributed by atoms with van der Waals surface area (Å²) in [6.07, 6.45) is 2.24. The zero-order valence-electron chi connectivity index (χ0n) is 9.34. The Morgan fingerprint density at radius 1 is 1.62 bits per heavy atom. The molecule has 1 N–H and O–H groups in total. The van der Waals surface area contributed by atoms with E-state index in [1.165, 1.54) is 13.1 Å². The standard InChI is InChI=1S/C11H15NO4/c1-3-7-16-9-5-4-6-12(10(9)13)8(2)11(14)15/h4-6,8H,3,7H2,1-2H3,(H,14,15). The molecule has 0 bridgehead atoms. The lowest BCUT2D eigenvalue weighted by atomic mass is 10.3. The molecule has 0 aromatic carbocycles. The summed E-state index contributed by atoms with van der Waals surface area (Å²) < 4.78 is 6.38. The van der Waals surface area contributed by atoms with Gasteiger partial charge in [0.2, 0.25) is 0 Å². The number of rotatable bonds is 5. The molecule has 88 valence electrons. The average Bonchev–Trinajstić information content (AvgIpc) is 2.26. The van der Waals surface area contributed by atoms with Crippen LogP contribution in [0.3, 0.4) is 0 Å². The molecule has 1 aromatic rings. The highest BCUT2D eigenvalue weighted by Crippen LogP contribution is 2.07. The van der Waals surface area contributed by atoms with E-state index >= 15 is 0 Å². The highest BCUT2D eigenvalue weighted by molar-refractivity contribution is 5.71. The van der Waals surface area contributed by atoms with Crippen molar-refractivity contribution in [3.8, 4) is 5.75 Å². The highest BCUT2D eigenvalue weighted by Gasteiger charge is 2.15. The van der Waals surface area contributed by atoms with Crippen molar-refractivity contribution in [2.75, 3.05) is 6.61 Å². The van der Waals surface area contributed by atoms with Gasteiger partial charge in [-0.2, -0.15) is 0 Å². The van der Waals surface area contributed by atoms with Gasteiger partial charge >= 0.3 is 5.97 Å². The van der Waals surface area contributed by atoms with Crippen molar-refractivity contribution in [2.24, 2.45) is 0 Å². The zero-order chi connectivity index (χ0) is 12.1. The van der Waals surface area contributed by atoms with Gasteiger partial charge in [-0.1, -0.05) is 6.92 Å². The Hall–Kier alpha value is -1.78. The van der Waals surface area contributed by atoms with Gasteiger partial charge in [0.1, 0.15) is 6.04 Å². The van der Waals surface area contributed by atoms with Crippen molar-refractivity contribution in [1.82, 2.24) is 4.57 Å². The van der Waals surface area contributed by atoms with Crippen molar-refractivity contribution < 1.29 is 14.6 Å². The molecule has 1 heterocycles. The molecular weight excluding hydrogens is 210 g/mol. The van der Waals surface area contributed by atoms with Gasteiger partial charge in [0, 0.05) is 6.20 Å². The molecule has 0 aliphatic rings. The van der Waals surface area contributed by atoms with Gasteiger partial charge in [0.15, 0.2) is 5.75 Å². The molecule has 5 nitrogen and oxygen atoms in total. The molecule has 0 amide bonds. The quantitative estimate of drug-likeness (QED) is 0.819. The van der Waals surface area contributed by atoms with Crippen LogP contribution < -0.4 is 10.3 Å². The Balaban J connectivity index is 3.04. The number of aliphatic carboxylic acids is 1. The van der Waals surface area contributed by atoms with Gasteiger partial charge in [-0.05, 0) is 25.5 Å². The number of carboxylic acid groups (broad SMARTS) is 1. The Morgan fingerprint density at radius 3 is 2.88 bits per heavy atom. The maximum atomic E-state index is 11.8. The summed E-state index contributed by atoms with van der Waals surface area (Å²) in [5.74, 6) is -0.854. The summed E-state index contributed by atoms with van der Waals surface area (Å²) in [4.78, 5) is 22.6. The fourth-order valence-corrected chi connectivity index (χ4v) is 1.24. The van der Waals surface area contributed by atoms with Crippen LogP contribution in [0.1, 0.15) is 26.3 Å². The third-order valence-corrected chi connectivity index (χ3v) is 2.18. The Kier molecular flexibility index (Phi) is 4.10. The molecule has 5 heteroatoms. The van der Waals surface area contributed by atoms with E-state index in [9.17, 15) is 9.59 Å². The van der Waals surface area contributed by atoms with E-state index in [2.05, 4.69) is 0 Å². The van der Waals surface area contributed by atoms with E-state index < -0.39 is 17.6 Å². The minimum atomic E-state index is -1.05. The second kappa shape index (κ2) is 5.34. The molecule has 0 aliphatic carbocycles. The molecule has 0 aliphatic heterocycles. The number of hydrogen-bond acceptors (Lipinski definition) is 3. The van der Waals surface area contributed by atoms with E-state index in [1.54, 1.807) is 12.1 Å². The lowest BCUT2D eigenvalue weighted by Gasteiger charge is -2.12. The van der Waals surface area contributed by atoms with Crippen LogP contribution in [0.5, 0.6) is 5.75 Å². The fraction of sp³-hybridized carbons (Fsp3) is 0.455. The number of carbonyl (C=O) groups is 1. The van der Waals surface area contributed by atoms with Gasteiger partial charge in [0.05, 0.1) is 6.61 Å². The van der Waals surface area contributed by atoms with Crippen molar-refractivity contribution in [3.05, 3.63) is 28.7 Å². The van der Waals surface area contributed by atoms with Crippen molar-refractivity contribution in [2.45, 2.75) is 26.3 Å². The van der Waals surface area contributed by atoms with Crippen LogP contribution in [-0.2, 0) is 4.79 Å². The number of nitrogens with zero attached hydrogens (tertiary/aromatic N) is 1. The van der Waals surface area contributed by atoms with E-state index in [-0.39, 0.29) is 5.75 Å². The monoisotopic (exact) mass is 225 g/mol. The molecule has 16 heavy (non-hydrogen) atoms. The van der Waals surface area contributed by atoms with Crippen LogP contribution in [-0.4, -0.2) is 22.2 Å². The van der Waals surface area contributed by atoms with E-state index in [4.69, 9.17) is 9.84 Å². The third kappa shape index (κ3) is 2.62. The first-order valence-corrected chi connectivity index (χ1v) is 5.14. The predicted octanol–water partition coefficient (Wildman–Crippen LogP) is 1.28. The van der Waals surface area contributed by atoms with E-state index in [1.807, 2.05) is 6.92 Å². The Morgan fingerprint density at radius 2 is 2.31 bits per heavy atom. The molecular formula is C11H15NO4. The van der Waals surface area contributed by atoms with Crippen LogP contribution in [0.15, 0.2) is 23.1 Å². The average molecular weight is 225 g/mol. The van der Waals surface area contributed by atoms with Crippen molar-refractivity contribution in [1.29, 1.82) is 0 Å².